The fraction of sp³-hybridized carbons (Fsp3) is 0.345. The van der Waals surface area contributed by atoms with Crippen LogP contribution in [0.4, 0.5) is 0 Å². The molecule has 2 aromatic carbocycles. The van der Waals surface area contributed by atoms with Gasteiger partial charge in [-0.25, -0.2) is 8.42 Å². The van der Waals surface area contributed by atoms with Gasteiger partial charge in [0, 0.05) is 12.7 Å². The number of aromatic nitrogens is 1. The molecular weight excluding hydrogens is 502 g/mol. The molecule has 1 N–H and O–H groups in total. The third-order valence-electron chi connectivity index (χ3n) is 7.43. The maximum absolute atomic E-state index is 14.0. The molecule has 5 rings (SSSR count). The molecule has 2 saturated heterocycles. The number of fused-ring (bicyclic) bond motifs is 1. The zero-order valence-electron chi connectivity index (χ0n) is 21.4. The molecule has 1 amide bonds. The third kappa shape index (κ3) is 4.72. The van der Waals surface area contributed by atoms with Crippen LogP contribution in [0.1, 0.15) is 38.2 Å². The van der Waals surface area contributed by atoms with E-state index in [0.717, 1.165) is 21.0 Å². The lowest BCUT2D eigenvalue weighted by Gasteiger charge is -2.29. The van der Waals surface area contributed by atoms with Gasteiger partial charge in [-0.3, -0.25) is 14.4 Å². The summed E-state index contributed by atoms with van der Waals surface area (Å²) in [6, 6.07) is 19.0. The lowest BCUT2D eigenvalue weighted by molar-refractivity contribution is -0.138. The molecule has 3 heterocycles. The number of amides is 1. The summed E-state index contributed by atoms with van der Waals surface area (Å²) in [5, 5.41) is 0. The van der Waals surface area contributed by atoms with Gasteiger partial charge in [0.1, 0.15) is 10.9 Å². The highest BCUT2D eigenvalue weighted by atomic mass is 32.2. The van der Waals surface area contributed by atoms with E-state index in [2.05, 4.69) is 18.8 Å². The van der Waals surface area contributed by atoms with E-state index in [0.29, 0.717) is 12.8 Å². The van der Waals surface area contributed by atoms with Crippen LogP contribution in [0.25, 0.3) is 11.1 Å². The number of hydrogen-bond donors (Lipinski definition) is 1. The average Bonchev–Trinajstić information content (AvgIpc) is 3.49. The summed E-state index contributed by atoms with van der Waals surface area (Å²) in [7, 11) is -4.20. The second kappa shape index (κ2) is 10.3. The average molecular weight is 534 g/mol. The largest absolute Gasteiger partial charge is 0.330 e. The van der Waals surface area contributed by atoms with Gasteiger partial charge in [-0.05, 0) is 47.6 Å². The Morgan fingerprint density at radius 2 is 1.74 bits per heavy atom. The number of nitrogens with one attached hydrogen (secondary N) is 1. The number of Topliss-reactive ketones (excluding diaryl/α,β-unsaturated/α-hetero) is 1. The molecule has 3 unspecified atom stereocenters. The Balaban J connectivity index is 1.45. The maximum atomic E-state index is 14.0. The smallest absolute Gasteiger partial charge is 0.268 e. The van der Waals surface area contributed by atoms with Crippen LogP contribution in [0.5, 0.6) is 0 Å². The number of hydrogen-bond acceptors (Lipinski definition) is 5. The molecule has 0 radical (unpaired) electrons. The van der Waals surface area contributed by atoms with Crippen molar-refractivity contribution in [3.05, 3.63) is 88.8 Å². The van der Waals surface area contributed by atoms with Crippen molar-refractivity contribution in [2.75, 3.05) is 13.1 Å². The molecule has 0 saturated carbocycles. The van der Waals surface area contributed by atoms with Gasteiger partial charge in [0.15, 0.2) is 5.78 Å². The van der Waals surface area contributed by atoms with Gasteiger partial charge in [-0.2, -0.15) is 4.31 Å². The van der Waals surface area contributed by atoms with Gasteiger partial charge in [0.05, 0.1) is 18.5 Å². The summed E-state index contributed by atoms with van der Waals surface area (Å²) in [6.45, 7) is 4.04. The third-order valence-corrected chi connectivity index (χ3v) is 9.33. The van der Waals surface area contributed by atoms with Crippen LogP contribution in [-0.2, 0) is 19.6 Å². The van der Waals surface area contributed by atoms with Gasteiger partial charge in [0.2, 0.25) is 15.9 Å². The first-order valence-corrected chi connectivity index (χ1v) is 14.3. The van der Waals surface area contributed by atoms with Crippen LogP contribution >= 0.6 is 0 Å². The Kier molecular flexibility index (Phi) is 7.07. The summed E-state index contributed by atoms with van der Waals surface area (Å²) in [4.78, 5) is 43.0. The molecule has 9 heteroatoms. The highest BCUT2D eigenvalue weighted by Gasteiger charge is 2.54. The van der Waals surface area contributed by atoms with Gasteiger partial charge >= 0.3 is 0 Å². The molecule has 198 valence electrons. The van der Waals surface area contributed by atoms with Crippen molar-refractivity contribution in [2.45, 2.75) is 49.6 Å². The predicted molar refractivity (Wildman–Crippen MR) is 144 cm³/mol. The maximum Gasteiger partial charge on any atom is 0.268 e. The van der Waals surface area contributed by atoms with Gasteiger partial charge in [-0.15, -0.1) is 0 Å². The number of carbonyl (C=O) groups is 2. The molecule has 0 bridgehead atoms. The molecule has 38 heavy (non-hydrogen) atoms. The van der Waals surface area contributed by atoms with Crippen LogP contribution in [0, 0.1) is 5.92 Å². The Morgan fingerprint density at radius 3 is 2.45 bits per heavy atom. The number of aromatic amines is 1. The molecule has 0 aliphatic carbocycles. The number of carbonyl (C=O) groups excluding carboxylic acids is 2. The molecule has 2 aliphatic heterocycles. The number of likely N-dealkylation sites (tertiary alicyclic amines) is 1. The minimum absolute atomic E-state index is 0.165. The van der Waals surface area contributed by atoms with E-state index in [1.54, 1.807) is 4.90 Å². The van der Waals surface area contributed by atoms with Crippen molar-refractivity contribution in [3.63, 3.8) is 0 Å². The second-order valence-electron chi connectivity index (χ2n) is 10.4. The quantitative estimate of drug-likeness (QED) is 0.501. The first kappa shape index (κ1) is 26.1. The number of rotatable bonds is 7. The minimum atomic E-state index is -4.20. The molecule has 8 nitrogen and oxygen atoms in total. The van der Waals surface area contributed by atoms with Crippen LogP contribution in [0.15, 0.2) is 82.6 Å². The first-order valence-electron chi connectivity index (χ1n) is 12.9. The van der Waals surface area contributed by atoms with Crippen molar-refractivity contribution in [1.82, 2.24) is 14.2 Å². The lowest BCUT2D eigenvalue weighted by atomic mass is 9.87. The van der Waals surface area contributed by atoms with Gasteiger partial charge in [0.25, 0.3) is 5.56 Å². The number of nitrogens with zero attached hydrogens (tertiary/aromatic N) is 2. The molecule has 0 spiro atoms. The summed E-state index contributed by atoms with van der Waals surface area (Å²) in [5.41, 5.74) is 2.20. The Morgan fingerprint density at radius 1 is 1.00 bits per heavy atom. The van der Waals surface area contributed by atoms with Crippen molar-refractivity contribution in [1.29, 1.82) is 0 Å². The highest BCUT2D eigenvalue weighted by molar-refractivity contribution is 7.89. The zero-order valence-corrected chi connectivity index (χ0v) is 22.2. The highest BCUT2D eigenvalue weighted by Crippen LogP contribution is 2.37. The van der Waals surface area contributed by atoms with E-state index in [9.17, 15) is 22.8 Å². The van der Waals surface area contributed by atoms with E-state index in [-0.39, 0.29) is 30.7 Å². The van der Waals surface area contributed by atoms with E-state index >= 15 is 0 Å². The number of ketones is 1. The second-order valence-corrected chi connectivity index (χ2v) is 12.2. The minimum Gasteiger partial charge on any atom is -0.330 e. The Labute approximate surface area is 222 Å². The van der Waals surface area contributed by atoms with E-state index in [1.807, 2.05) is 54.6 Å². The number of pyridine rings is 1. The number of H-pyrrole nitrogens is 1. The Hall–Kier alpha value is -3.56. The van der Waals surface area contributed by atoms with Crippen LogP contribution in [0.3, 0.4) is 0 Å². The van der Waals surface area contributed by atoms with Crippen molar-refractivity contribution < 1.29 is 18.0 Å². The lowest BCUT2D eigenvalue weighted by Crippen LogP contribution is -2.45. The normalized spacial score (nSPS) is 20.6. The summed E-state index contributed by atoms with van der Waals surface area (Å²) in [5.74, 6) is -0.726. The first-order chi connectivity index (χ1) is 18.2. The molecule has 1 aromatic heterocycles. The topological polar surface area (TPSA) is 108 Å². The molecule has 2 fully saturated rings. The van der Waals surface area contributed by atoms with Crippen molar-refractivity contribution in [3.8, 4) is 11.1 Å². The molecular formula is C29H31N3O5S. The fourth-order valence-electron chi connectivity index (χ4n) is 5.69. The number of sulfonamides is 1. The van der Waals surface area contributed by atoms with E-state index < -0.39 is 38.5 Å². The molecule has 3 atom stereocenters. The summed E-state index contributed by atoms with van der Waals surface area (Å²) in [6.07, 6.45) is 2.29. The van der Waals surface area contributed by atoms with E-state index in [4.69, 9.17) is 0 Å². The standard InChI is InChI=1S/C29H31N3O5S/c1-19(2)16-23(22-11-6-10-21(17-22)20-8-4-3-5-9-20)29(35)31-15-13-24-27(31)25(33)18-32(24)38(36,37)26-12-7-14-30-28(26)34/h3-12,14,17,19,23-24,27H,13,15-16,18H2,1-2H3,(H,30,34). The predicted octanol–water partition coefficient (Wildman–Crippen LogP) is 3.41. The Bertz CT molecular complexity index is 1520. The van der Waals surface area contributed by atoms with Crippen molar-refractivity contribution >= 4 is 21.7 Å². The monoisotopic (exact) mass is 533 g/mol. The zero-order chi connectivity index (χ0) is 27.0. The summed E-state index contributed by atoms with van der Waals surface area (Å²) >= 11 is 0. The fourth-order valence-corrected chi connectivity index (χ4v) is 7.36. The van der Waals surface area contributed by atoms with Crippen LogP contribution in [-0.4, -0.2) is 59.5 Å². The molecule has 3 aromatic rings. The van der Waals surface area contributed by atoms with Crippen molar-refractivity contribution in [2.24, 2.45) is 5.92 Å². The number of benzene rings is 2. The van der Waals surface area contributed by atoms with Gasteiger partial charge < -0.3 is 9.88 Å². The van der Waals surface area contributed by atoms with Gasteiger partial charge in [-0.1, -0.05) is 68.4 Å². The van der Waals surface area contributed by atoms with Crippen LogP contribution < -0.4 is 5.56 Å². The SMILES string of the molecule is CC(C)CC(C(=O)N1CCC2C1C(=O)CN2S(=O)(=O)c1ccc[nH]c1=O)c1cccc(-c2ccccc2)c1. The summed E-state index contributed by atoms with van der Waals surface area (Å²) < 4.78 is 27.8. The molecule has 2 aliphatic rings. The van der Waals surface area contributed by atoms with E-state index in [1.165, 1.54) is 18.3 Å². The van der Waals surface area contributed by atoms with Crippen LogP contribution in [0.2, 0.25) is 0 Å².